The van der Waals surface area contributed by atoms with Gasteiger partial charge in [-0.1, -0.05) is 30.3 Å². The SMILES string of the molecule is CC(=O)c1ccc(NC(=O)/C(C)=C\C(=O)N(C)Cc2ccccc2)cc1. The fourth-order valence-corrected chi connectivity index (χ4v) is 2.31. The molecule has 5 nitrogen and oxygen atoms in total. The van der Waals surface area contributed by atoms with Gasteiger partial charge in [-0.05, 0) is 43.7 Å². The highest BCUT2D eigenvalue weighted by Crippen LogP contribution is 2.12. The Morgan fingerprint density at radius 2 is 1.58 bits per heavy atom. The van der Waals surface area contributed by atoms with Gasteiger partial charge in [-0.2, -0.15) is 0 Å². The van der Waals surface area contributed by atoms with Crippen LogP contribution in [0.4, 0.5) is 5.69 Å². The number of rotatable bonds is 6. The maximum absolute atomic E-state index is 12.3. The van der Waals surface area contributed by atoms with E-state index in [0.717, 1.165) is 5.56 Å². The summed E-state index contributed by atoms with van der Waals surface area (Å²) in [6, 6.07) is 16.2. The van der Waals surface area contributed by atoms with Gasteiger partial charge < -0.3 is 10.2 Å². The predicted molar refractivity (Wildman–Crippen MR) is 102 cm³/mol. The van der Waals surface area contributed by atoms with Crippen molar-refractivity contribution in [1.82, 2.24) is 4.90 Å². The average molecular weight is 350 g/mol. The predicted octanol–water partition coefficient (Wildman–Crippen LogP) is 3.43. The third-order valence-electron chi connectivity index (χ3n) is 3.89. The first-order valence-corrected chi connectivity index (χ1v) is 8.26. The van der Waals surface area contributed by atoms with Crippen molar-refractivity contribution in [2.45, 2.75) is 20.4 Å². The average Bonchev–Trinajstić information content (AvgIpc) is 2.62. The molecule has 2 aromatic carbocycles. The molecule has 134 valence electrons. The van der Waals surface area contributed by atoms with Gasteiger partial charge in [0.1, 0.15) is 0 Å². The van der Waals surface area contributed by atoms with Gasteiger partial charge in [-0.3, -0.25) is 14.4 Å². The van der Waals surface area contributed by atoms with Crippen molar-refractivity contribution in [3.05, 3.63) is 77.4 Å². The van der Waals surface area contributed by atoms with Crippen LogP contribution in [0.5, 0.6) is 0 Å². The van der Waals surface area contributed by atoms with Crippen LogP contribution < -0.4 is 5.32 Å². The standard InChI is InChI=1S/C21H22N2O3/c1-15(13-20(25)23(3)14-17-7-5-4-6-8-17)21(26)22-19-11-9-18(10-12-19)16(2)24/h4-13H,14H2,1-3H3,(H,22,26)/b15-13-. The lowest BCUT2D eigenvalue weighted by atomic mass is 10.1. The monoisotopic (exact) mass is 350 g/mol. The molecule has 2 aromatic rings. The van der Waals surface area contributed by atoms with Gasteiger partial charge >= 0.3 is 0 Å². The fraction of sp³-hybridized carbons (Fsp3) is 0.190. The molecule has 26 heavy (non-hydrogen) atoms. The lowest BCUT2D eigenvalue weighted by Gasteiger charge is -2.15. The van der Waals surface area contributed by atoms with E-state index in [9.17, 15) is 14.4 Å². The van der Waals surface area contributed by atoms with E-state index in [-0.39, 0.29) is 17.6 Å². The number of nitrogens with one attached hydrogen (secondary N) is 1. The summed E-state index contributed by atoms with van der Waals surface area (Å²) in [7, 11) is 1.69. The molecule has 0 fully saturated rings. The van der Waals surface area contributed by atoms with Crippen molar-refractivity contribution in [3.8, 4) is 0 Å². The Labute approximate surface area is 153 Å². The second-order valence-electron chi connectivity index (χ2n) is 6.09. The number of Topliss-reactive ketones (excluding diaryl/α,β-unsaturated/α-hetero) is 1. The van der Waals surface area contributed by atoms with E-state index in [1.165, 1.54) is 13.0 Å². The van der Waals surface area contributed by atoms with Crippen molar-refractivity contribution < 1.29 is 14.4 Å². The van der Waals surface area contributed by atoms with Crippen LogP contribution in [0.3, 0.4) is 0 Å². The summed E-state index contributed by atoms with van der Waals surface area (Å²) in [5.74, 6) is -0.638. The molecule has 0 aliphatic carbocycles. The molecule has 1 N–H and O–H groups in total. The van der Waals surface area contributed by atoms with E-state index in [1.54, 1.807) is 43.1 Å². The highest BCUT2D eigenvalue weighted by molar-refractivity contribution is 6.07. The largest absolute Gasteiger partial charge is 0.338 e. The minimum atomic E-state index is -0.359. The topological polar surface area (TPSA) is 66.5 Å². The van der Waals surface area contributed by atoms with Crippen LogP contribution >= 0.6 is 0 Å². The van der Waals surface area contributed by atoms with E-state index in [1.807, 2.05) is 30.3 Å². The lowest BCUT2D eigenvalue weighted by Crippen LogP contribution is -2.25. The number of hydrogen-bond donors (Lipinski definition) is 1. The molecular weight excluding hydrogens is 328 g/mol. The van der Waals surface area contributed by atoms with E-state index < -0.39 is 0 Å². The third kappa shape index (κ3) is 5.41. The van der Waals surface area contributed by atoms with Crippen molar-refractivity contribution in [3.63, 3.8) is 0 Å². The normalized spacial score (nSPS) is 11.0. The molecule has 0 bridgehead atoms. The number of hydrogen-bond acceptors (Lipinski definition) is 3. The Balaban J connectivity index is 1.97. The van der Waals surface area contributed by atoms with Crippen LogP contribution in [0.1, 0.15) is 29.8 Å². The quantitative estimate of drug-likeness (QED) is 0.641. The van der Waals surface area contributed by atoms with Crippen LogP contribution in [0.2, 0.25) is 0 Å². The zero-order valence-corrected chi connectivity index (χ0v) is 15.2. The molecule has 0 saturated carbocycles. The van der Waals surface area contributed by atoms with Crippen LogP contribution in [-0.2, 0) is 16.1 Å². The van der Waals surface area contributed by atoms with Gasteiger partial charge in [0.2, 0.25) is 5.91 Å². The zero-order valence-electron chi connectivity index (χ0n) is 15.2. The molecule has 5 heteroatoms. The molecule has 0 aliphatic heterocycles. The molecule has 2 amide bonds. The molecule has 0 unspecified atom stereocenters. The van der Waals surface area contributed by atoms with Crippen molar-refractivity contribution >= 4 is 23.3 Å². The second-order valence-corrected chi connectivity index (χ2v) is 6.09. The number of amides is 2. The Kier molecular flexibility index (Phi) is 6.44. The maximum Gasteiger partial charge on any atom is 0.251 e. The molecule has 0 saturated heterocycles. The summed E-state index contributed by atoms with van der Waals surface area (Å²) in [5.41, 5.74) is 2.47. The highest BCUT2D eigenvalue weighted by Gasteiger charge is 2.11. The zero-order chi connectivity index (χ0) is 19.1. The Morgan fingerprint density at radius 1 is 0.962 bits per heavy atom. The molecule has 0 atom stereocenters. The van der Waals surface area contributed by atoms with E-state index >= 15 is 0 Å². The lowest BCUT2D eigenvalue weighted by molar-refractivity contribution is -0.125. The summed E-state index contributed by atoms with van der Waals surface area (Å²) in [6.45, 7) is 3.54. The summed E-state index contributed by atoms with van der Waals surface area (Å²) < 4.78 is 0. The number of anilines is 1. The minimum absolute atomic E-state index is 0.0361. The molecule has 0 aromatic heterocycles. The Morgan fingerprint density at radius 3 is 2.15 bits per heavy atom. The molecule has 0 radical (unpaired) electrons. The summed E-state index contributed by atoms with van der Waals surface area (Å²) in [6.07, 6.45) is 1.32. The second kappa shape index (κ2) is 8.76. The number of nitrogens with zero attached hydrogens (tertiary/aromatic N) is 1. The number of likely N-dealkylation sites (N-methyl/N-ethyl adjacent to an activating group) is 1. The number of benzene rings is 2. The number of ketones is 1. The van der Waals surface area contributed by atoms with Crippen molar-refractivity contribution in [2.24, 2.45) is 0 Å². The van der Waals surface area contributed by atoms with Gasteiger partial charge in [0.05, 0.1) is 0 Å². The van der Waals surface area contributed by atoms with Crippen LogP contribution in [-0.4, -0.2) is 29.5 Å². The van der Waals surface area contributed by atoms with E-state index in [0.29, 0.717) is 23.4 Å². The Hall–Kier alpha value is -3.21. The van der Waals surface area contributed by atoms with Gasteiger partial charge in [0.25, 0.3) is 5.91 Å². The molecule has 2 rings (SSSR count). The van der Waals surface area contributed by atoms with Gasteiger partial charge in [-0.25, -0.2) is 0 Å². The Bertz CT molecular complexity index is 824. The first-order valence-electron chi connectivity index (χ1n) is 8.26. The number of carbonyl (C=O) groups excluding carboxylic acids is 3. The third-order valence-corrected chi connectivity index (χ3v) is 3.89. The summed E-state index contributed by atoms with van der Waals surface area (Å²) in [4.78, 5) is 37.3. The van der Waals surface area contributed by atoms with E-state index in [2.05, 4.69) is 5.32 Å². The smallest absolute Gasteiger partial charge is 0.251 e. The number of carbonyl (C=O) groups is 3. The molecule has 0 heterocycles. The van der Waals surface area contributed by atoms with Crippen LogP contribution in [0.25, 0.3) is 0 Å². The van der Waals surface area contributed by atoms with Gasteiger partial charge in [0.15, 0.2) is 5.78 Å². The molecule has 0 spiro atoms. The fourth-order valence-electron chi connectivity index (χ4n) is 2.31. The molecular formula is C21H22N2O3. The van der Waals surface area contributed by atoms with Crippen molar-refractivity contribution in [2.75, 3.05) is 12.4 Å². The van der Waals surface area contributed by atoms with Gasteiger partial charge in [-0.15, -0.1) is 0 Å². The van der Waals surface area contributed by atoms with Crippen LogP contribution in [0.15, 0.2) is 66.2 Å². The minimum Gasteiger partial charge on any atom is -0.338 e. The molecule has 0 aliphatic rings. The van der Waals surface area contributed by atoms with Gasteiger partial charge in [0, 0.05) is 36.5 Å². The first kappa shape index (κ1) is 19.1. The first-order chi connectivity index (χ1) is 12.4. The van der Waals surface area contributed by atoms with Crippen LogP contribution in [0, 0.1) is 0 Å². The maximum atomic E-state index is 12.3. The summed E-state index contributed by atoms with van der Waals surface area (Å²) >= 11 is 0. The highest BCUT2D eigenvalue weighted by atomic mass is 16.2. The van der Waals surface area contributed by atoms with Crippen molar-refractivity contribution in [1.29, 1.82) is 0 Å². The van der Waals surface area contributed by atoms with E-state index in [4.69, 9.17) is 0 Å². The summed E-state index contributed by atoms with van der Waals surface area (Å²) in [5, 5.41) is 2.71.